The van der Waals surface area contributed by atoms with Gasteiger partial charge in [0.1, 0.15) is 12.4 Å². The molecule has 5 rings (SSSR count). The summed E-state index contributed by atoms with van der Waals surface area (Å²) in [4.78, 5) is 12.4. The van der Waals surface area contributed by atoms with Crippen LogP contribution in [-0.4, -0.2) is 19.3 Å². The third kappa shape index (κ3) is 3.34. The van der Waals surface area contributed by atoms with Gasteiger partial charge in [0.05, 0.1) is 12.0 Å². The molecule has 0 bridgehead atoms. The van der Waals surface area contributed by atoms with Gasteiger partial charge in [0, 0.05) is 29.7 Å². The van der Waals surface area contributed by atoms with Crippen molar-refractivity contribution in [3.8, 4) is 16.9 Å². The highest BCUT2D eigenvalue weighted by atomic mass is 35.5. The Morgan fingerprint density at radius 2 is 1.69 bits per heavy atom. The average molecular weight is 406 g/mol. The number of hydrogen-bond acceptors (Lipinski definition) is 3. The molecule has 1 N–H and O–H groups in total. The summed E-state index contributed by atoms with van der Waals surface area (Å²) in [6, 6.07) is 22.1. The van der Waals surface area contributed by atoms with E-state index in [0.717, 1.165) is 12.0 Å². The van der Waals surface area contributed by atoms with Crippen LogP contribution in [0, 0.1) is 0 Å². The molecule has 146 valence electrons. The van der Waals surface area contributed by atoms with E-state index in [-0.39, 0.29) is 17.9 Å². The summed E-state index contributed by atoms with van der Waals surface area (Å²) < 4.78 is 11.3. The zero-order valence-corrected chi connectivity index (χ0v) is 16.5. The van der Waals surface area contributed by atoms with Gasteiger partial charge >= 0.3 is 6.09 Å². The van der Waals surface area contributed by atoms with Crippen molar-refractivity contribution in [3.63, 3.8) is 0 Å². The lowest BCUT2D eigenvalue weighted by molar-refractivity contribution is 0.158. The average Bonchev–Trinajstić information content (AvgIpc) is 3.06. The molecule has 1 atom stereocenters. The summed E-state index contributed by atoms with van der Waals surface area (Å²) in [6.07, 6.45) is 0.304. The van der Waals surface area contributed by atoms with Crippen molar-refractivity contribution in [1.82, 2.24) is 0 Å². The van der Waals surface area contributed by atoms with Crippen molar-refractivity contribution in [2.24, 2.45) is 0 Å². The smallest absolute Gasteiger partial charge is 0.411 e. The van der Waals surface area contributed by atoms with Crippen LogP contribution in [0.4, 0.5) is 10.5 Å². The van der Waals surface area contributed by atoms with Crippen molar-refractivity contribution in [2.75, 3.05) is 18.5 Å². The number of benzene rings is 3. The van der Waals surface area contributed by atoms with Gasteiger partial charge in [-0.1, -0.05) is 54.6 Å². The molecule has 2 aliphatic rings. The van der Waals surface area contributed by atoms with Crippen LogP contribution >= 0.6 is 11.6 Å². The molecule has 3 aromatic carbocycles. The predicted molar refractivity (Wildman–Crippen MR) is 114 cm³/mol. The molecule has 0 spiro atoms. The zero-order valence-electron chi connectivity index (χ0n) is 15.7. The predicted octanol–water partition coefficient (Wildman–Crippen LogP) is 6.11. The number of carbonyl (C=O) groups excluding carboxylic acids is 1. The Morgan fingerprint density at radius 3 is 2.41 bits per heavy atom. The maximum absolute atomic E-state index is 12.4. The molecule has 29 heavy (non-hydrogen) atoms. The Hall–Kier alpha value is -2.98. The zero-order chi connectivity index (χ0) is 19.8. The van der Waals surface area contributed by atoms with Gasteiger partial charge < -0.3 is 9.47 Å². The first-order valence-electron chi connectivity index (χ1n) is 9.73. The largest absolute Gasteiger partial charge is 0.493 e. The summed E-state index contributed by atoms with van der Waals surface area (Å²) in [5.41, 5.74) is 6.38. The van der Waals surface area contributed by atoms with Crippen molar-refractivity contribution in [2.45, 2.75) is 17.7 Å². The third-order valence-electron chi connectivity index (χ3n) is 5.57. The fourth-order valence-electron chi connectivity index (χ4n) is 4.18. The molecule has 0 saturated heterocycles. The number of rotatable bonds is 3. The number of amides is 1. The maximum atomic E-state index is 12.4. The lowest BCUT2D eigenvalue weighted by Crippen LogP contribution is -2.18. The minimum Gasteiger partial charge on any atom is -0.493 e. The number of alkyl halides is 1. The first-order valence-corrected chi connectivity index (χ1v) is 10.2. The Bertz CT molecular complexity index is 1040. The fraction of sp³-hybridized carbons (Fsp3) is 0.208. The van der Waals surface area contributed by atoms with Gasteiger partial charge in [0.2, 0.25) is 0 Å². The van der Waals surface area contributed by atoms with Gasteiger partial charge in [-0.05, 0) is 28.3 Å². The lowest BCUT2D eigenvalue weighted by Gasteiger charge is -2.22. The first kappa shape index (κ1) is 18.1. The lowest BCUT2D eigenvalue weighted by atomic mass is 9.98. The van der Waals surface area contributed by atoms with Crippen LogP contribution in [0.3, 0.4) is 0 Å². The molecule has 1 aliphatic heterocycles. The van der Waals surface area contributed by atoms with E-state index < -0.39 is 6.09 Å². The molecular formula is C24H20ClNO3. The molecule has 0 radical (unpaired) electrons. The van der Waals surface area contributed by atoms with E-state index >= 15 is 0 Å². The van der Waals surface area contributed by atoms with E-state index in [9.17, 15) is 4.79 Å². The quantitative estimate of drug-likeness (QED) is 0.535. The fourth-order valence-corrected chi connectivity index (χ4v) is 4.45. The van der Waals surface area contributed by atoms with Crippen molar-refractivity contribution >= 4 is 23.4 Å². The Kier molecular flexibility index (Phi) is 4.64. The van der Waals surface area contributed by atoms with Gasteiger partial charge in [-0.2, -0.15) is 0 Å². The van der Waals surface area contributed by atoms with Gasteiger partial charge in [0.15, 0.2) is 0 Å². The van der Waals surface area contributed by atoms with Crippen LogP contribution in [0.15, 0.2) is 66.7 Å². The van der Waals surface area contributed by atoms with Crippen LogP contribution in [0.5, 0.6) is 5.75 Å². The standard InChI is InChI=1S/C24H20ClNO3/c25-22-11-12-28-23-13-15(9-10-20(22)23)26-24(27)29-14-21-18-7-3-1-5-16(18)17-6-2-4-8-19(17)21/h1-10,13,21-22H,11-12,14H2,(H,26,27). The molecule has 0 saturated carbocycles. The van der Waals surface area contributed by atoms with Crippen molar-refractivity contribution in [3.05, 3.63) is 83.4 Å². The Balaban J connectivity index is 1.29. The number of halogens is 1. The van der Waals surface area contributed by atoms with Crippen LogP contribution in [0.25, 0.3) is 11.1 Å². The highest BCUT2D eigenvalue weighted by Gasteiger charge is 2.29. The van der Waals surface area contributed by atoms with Gasteiger partial charge in [-0.15, -0.1) is 11.6 Å². The Morgan fingerprint density at radius 1 is 1.00 bits per heavy atom. The summed E-state index contributed by atoms with van der Waals surface area (Å²) in [7, 11) is 0. The number of nitrogens with one attached hydrogen (secondary N) is 1. The molecule has 1 aliphatic carbocycles. The van der Waals surface area contributed by atoms with Crippen LogP contribution in [-0.2, 0) is 4.74 Å². The number of anilines is 1. The van der Waals surface area contributed by atoms with Gasteiger partial charge in [-0.3, -0.25) is 5.32 Å². The van der Waals surface area contributed by atoms with Crippen molar-refractivity contribution < 1.29 is 14.3 Å². The molecule has 1 heterocycles. The molecule has 4 nitrogen and oxygen atoms in total. The monoisotopic (exact) mass is 405 g/mol. The van der Waals surface area contributed by atoms with Crippen LogP contribution < -0.4 is 10.1 Å². The normalized spacial score (nSPS) is 16.9. The molecule has 1 unspecified atom stereocenters. The highest BCUT2D eigenvalue weighted by molar-refractivity contribution is 6.21. The SMILES string of the molecule is O=C(Nc1ccc2c(c1)OCCC2Cl)OCC1c2ccccc2-c2ccccc21. The highest BCUT2D eigenvalue weighted by Crippen LogP contribution is 2.44. The molecule has 0 aromatic heterocycles. The number of ether oxygens (including phenoxy) is 2. The van der Waals surface area contributed by atoms with E-state index in [1.807, 2.05) is 36.4 Å². The first-order chi connectivity index (χ1) is 14.2. The summed E-state index contributed by atoms with van der Waals surface area (Å²) in [6.45, 7) is 0.862. The van der Waals surface area contributed by atoms with Crippen LogP contribution in [0.1, 0.15) is 34.4 Å². The summed E-state index contributed by atoms with van der Waals surface area (Å²) in [5.74, 6) is 0.754. The maximum Gasteiger partial charge on any atom is 0.411 e. The van der Waals surface area contributed by atoms with Crippen LogP contribution in [0.2, 0.25) is 0 Å². The summed E-state index contributed by atoms with van der Waals surface area (Å²) in [5, 5.41) is 2.74. The second-order valence-electron chi connectivity index (χ2n) is 7.31. The van der Waals surface area contributed by atoms with Gasteiger partial charge in [-0.25, -0.2) is 4.79 Å². The van der Waals surface area contributed by atoms with E-state index in [0.29, 0.717) is 18.0 Å². The number of fused-ring (bicyclic) bond motifs is 4. The van der Waals surface area contributed by atoms with E-state index in [2.05, 4.69) is 29.6 Å². The van der Waals surface area contributed by atoms with E-state index in [4.69, 9.17) is 21.1 Å². The second-order valence-corrected chi connectivity index (χ2v) is 7.83. The van der Waals surface area contributed by atoms with Gasteiger partial charge in [0.25, 0.3) is 0 Å². The second kappa shape index (κ2) is 7.45. The van der Waals surface area contributed by atoms with Crippen molar-refractivity contribution in [1.29, 1.82) is 0 Å². The molecule has 0 fully saturated rings. The third-order valence-corrected chi connectivity index (χ3v) is 6.02. The number of hydrogen-bond donors (Lipinski definition) is 1. The minimum absolute atomic E-state index is 0.0389. The van der Waals surface area contributed by atoms with E-state index in [1.54, 1.807) is 6.07 Å². The van der Waals surface area contributed by atoms with E-state index in [1.165, 1.54) is 22.3 Å². The molecule has 5 heteroatoms. The molecular weight excluding hydrogens is 386 g/mol. The molecule has 3 aromatic rings. The number of carbonyl (C=O) groups is 1. The summed E-state index contributed by atoms with van der Waals surface area (Å²) >= 11 is 6.32. The Labute approximate surface area is 174 Å². The molecule has 1 amide bonds. The minimum atomic E-state index is -0.481. The topological polar surface area (TPSA) is 47.6 Å².